The SMILES string of the molecule is CC(=O)SCCC(O)C(O)c1cc(C)c(C(=O)O)c(C)c1. The molecule has 0 aliphatic rings. The summed E-state index contributed by atoms with van der Waals surface area (Å²) in [6.45, 7) is 4.76. The number of thioether (sulfide) groups is 1. The number of aliphatic hydroxyl groups excluding tert-OH is 2. The highest BCUT2D eigenvalue weighted by Crippen LogP contribution is 2.25. The summed E-state index contributed by atoms with van der Waals surface area (Å²) in [5.74, 6) is -0.580. The van der Waals surface area contributed by atoms with Crippen molar-refractivity contribution in [2.45, 2.75) is 39.4 Å². The second-order valence-electron chi connectivity index (χ2n) is 4.98. The van der Waals surface area contributed by atoms with Crippen LogP contribution in [-0.4, -0.2) is 38.3 Å². The fourth-order valence-electron chi connectivity index (χ4n) is 2.21. The lowest BCUT2D eigenvalue weighted by atomic mass is 9.94. The second-order valence-corrected chi connectivity index (χ2v) is 6.25. The zero-order valence-electron chi connectivity index (χ0n) is 12.3. The highest BCUT2D eigenvalue weighted by molar-refractivity contribution is 8.13. The van der Waals surface area contributed by atoms with Crippen LogP contribution in [0.15, 0.2) is 12.1 Å². The van der Waals surface area contributed by atoms with E-state index in [4.69, 9.17) is 5.11 Å². The lowest BCUT2D eigenvalue weighted by Crippen LogP contribution is -2.20. The Kier molecular flexibility index (Phi) is 6.39. The van der Waals surface area contributed by atoms with Crippen LogP contribution in [0.25, 0.3) is 0 Å². The molecule has 0 amide bonds. The van der Waals surface area contributed by atoms with Crippen LogP contribution in [0.2, 0.25) is 0 Å². The van der Waals surface area contributed by atoms with Crippen LogP contribution in [-0.2, 0) is 4.79 Å². The summed E-state index contributed by atoms with van der Waals surface area (Å²) in [5.41, 5.74) is 1.78. The fraction of sp³-hybridized carbons (Fsp3) is 0.467. The van der Waals surface area contributed by atoms with Gasteiger partial charge in [-0.3, -0.25) is 4.79 Å². The maximum absolute atomic E-state index is 11.1. The van der Waals surface area contributed by atoms with Crippen molar-refractivity contribution in [3.63, 3.8) is 0 Å². The molecule has 116 valence electrons. The lowest BCUT2D eigenvalue weighted by molar-refractivity contribution is -0.109. The first-order chi connectivity index (χ1) is 9.73. The highest BCUT2D eigenvalue weighted by atomic mass is 32.2. The third-order valence-electron chi connectivity index (χ3n) is 3.19. The van der Waals surface area contributed by atoms with Crippen molar-refractivity contribution < 1.29 is 24.9 Å². The molecule has 0 aliphatic heterocycles. The van der Waals surface area contributed by atoms with E-state index in [0.29, 0.717) is 22.4 Å². The van der Waals surface area contributed by atoms with Crippen molar-refractivity contribution in [3.05, 3.63) is 34.4 Å². The average Bonchev–Trinajstić information content (AvgIpc) is 2.35. The molecule has 0 fully saturated rings. The minimum atomic E-state index is -1.10. The first-order valence-electron chi connectivity index (χ1n) is 6.58. The summed E-state index contributed by atoms with van der Waals surface area (Å²) in [4.78, 5) is 21.9. The number of carbonyl (C=O) groups is 2. The van der Waals surface area contributed by atoms with E-state index in [9.17, 15) is 19.8 Å². The molecule has 0 saturated carbocycles. The number of carboxylic acid groups (broad SMARTS) is 1. The molecule has 1 rings (SSSR count). The molecule has 5 nitrogen and oxygen atoms in total. The number of aliphatic hydroxyl groups is 2. The topological polar surface area (TPSA) is 94.8 Å². The Bertz CT molecular complexity index is 518. The Morgan fingerprint density at radius 1 is 1.19 bits per heavy atom. The van der Waals surface area contributed by atoms with Gasteiger partial charge in [0, 0.05) is 12.7 Å². The fourth-order valence-corrected chi connectivity index (χ4v) is 2.86. The van der Waals surface area contributed by atoms with Gasteiger partial charge in [-0.1, -0.05) is 23.9 Å². The van der Waals surface area contributed by atoms with Gasteiger partial charge in [-0.05, 0) is 37.0 Å². The van der Waals surface area contributed by atoms with E-state index < -0.39 is 18.2 Å². The Hall–Kier alpha value is -1.37. The van der Waals surface area contributed by atoms with E-state index in [2.05, 4.69) is 0 Å². The number of benzene rings is 1. The molecule has 0 aliphatic carbocycles. The number of aryl methyl sites for hydroxylation is 2. The predicted octanol–water partition coefficient (Wildman–Crippen LogP) is 2.07. The van der Waals surface area contributed by atoms with Crippen molar-refractivity contribution in [1.29, 1.82) is 0 Å². The average molecular weight is 312 g/mol. The number of aromatic carboxylic acids is 1. The molecule has 2 unspecified atom stereocenters. The molecule has 21 heavy (non-hydrogen) atoms. The molecule has 1 aromatic carbocycles. The molecule has 0 heterocycles. The van der Waals surface area contributed by atoms with E-state index in [0.717, 1.165) is 11.8 Å². The lowest BCUT2D eigenvalue weighted by Gasteiger charge is -2.19. The van der Waals surface area contributed by atoms with Gasteiger partial charge in [0.2, 0.25) is 0 Å². The number of hydrogen-bond acceptors (Lipinski definition) is 5. The van der Waals surface area contributed by atoms with E-state index >= 15 is 0 Å². The number of rotatable bonds is 6. The molecule has 0 aromatic heterocycles. The van der Waals surface area contributed by atoms with Gasteiger partial charge in [-0.15, -0.1) is 0 Å². The van der Waals surface area contributed by atoms with Crippen LogP contribution >= 0.6 is 11.8 Å². The molecule has 0 radical (unpaired) electrons. The number of carboxylic acids is 1. The Morgan fingerprint density at radius 2 is 1.71 bits per heavy atom. The van der Waals surface area contributed by atoms with Crippen molar-refractivity contribution >= 4 is 22.8 Å². The van der Waals surface area contributed by atoms with Crippen LogP contribution < -0.4 is 0 Å². The molecule has 1 aromatic rings. The monoisotopic (exact) mass is 312 g/mol. The van der Waals surface area contributed by atoms with Gasteiger partial charge >= 0.3 is 5.97 Å². The molecule has 6 heteroatoms. The molecule has 0 spiro atoms. The summed E-state index contributed by atoms with van der Waals surface area (Å²) >= 11 is 1.10. The number of hydrogen-bond donors (Lipinski definition) is 3. The zero-order valence-corrected chi connectivity index (χ0v) is 13.1. The summed E-state index contributed by atoms with van der Waals surface area (Å²) in [6.07, 6.45) is -1.81. The van der Waals surface area contributed by atoms with E-state index in [1.54, 1.807) is 26.0 Å². The number of carbonyl (C=O) groups excluding carboxylic acids is 1. The summed E-state index contributed by atoms with van der Waals surface area (Å²) < 4.78 is 0. The van der Waals surface area contributed by atoms with Gasteiger partial charge in [-0.25, -0.2) is 4.79 Å². The largest absolute Gasteiger partial charge is 0.478 e. The predicted molar refractivity (Wildman–Crippen MR) is 81.6 cm³/mol. The van der Waals surface area contributed by atoms with Crippen molar-refractivity contribution in [3.8, 4) is 0 Å². The van der Waals surface area contributed by atoms with Crippen molar-refractivity contribution in [1.82, 2.24) is 0 Å². The first kappa shape index (κ1) is 17.7. The van der Waals surface area contributed by atoms with Crippen molar-refractivity contribution in [2.75, 3.05) is 5.75 Å². The highest BCUT2D eigenvalue weighted by Gasteiger charge is 2.21. The van der Waals surface area contributed by atoms with Crippen LogP contribution in [0.1, 0.15) is 46.5 Å². The van der Waals surface area contributed by atoms with Gasteiger partial charge < -0.3 is 15.3 Å². The first-order valence-corrected chi connectivity index (χ1v) is 7.56. The van der Waals surface area contributed by atoms with Gasteiger partial charge in [0.05, 0.1) is 11.7 Å². The molecule has 3 N–H and O–H groups in total. The van der Waals surface area contributed by atoms with E-state index in [1.807, 2.05) is 0 Å². The summed E-state index contributed by atoms with van der Waals surface area (Å²) in [7, 11) is 0. The molecule has 0 bridgehead atoms. The third kappa shape index (κ3) is 4.84. The Balaban J connectivity index is 2.85. The Morgan fingerprint density at radius 3 is 2.14 bits per heavy atom. The molecular formula is C15H20O5S. The van der Waals surface area contributed by atoms with Crippen LogP contribution in [0, 0.1) is 13.8 Å². The van der Waals surface area contributed by atoms with Crippen LogP contribution in [0.5, 0.6) is 0 Å². The second kappa shape index (κ2) is 7.59. The summed E-state index contributed by atoms with van der Waals surface area (Å²) in [5, 5.41) is 29.2. The third-order valence-corrected chi connectivity index (χ3v) is 4.04. The van der Waals surface area contributed by atoms with E-state index in [-0.39, 0.29) is 17.1 Å². The minimum absolute atomic E-state index is 0.0332. The van der Waals surface area contributed by atoms with Gasteiger partial charge in [0.25, 0.3) is 0 Å². The van der Waals surface area contributed by atoms with E-state index in [1.165, 1.54) is 6.92 Å². The zero-order chi connectivity index (χ0) is 16.2. The standard InChI is InChI=1S/C15H20O5S/c1-8-6-11(7-9(2)13(8)15(19)20)14(18)12(17)4-5-21-10(3)16/h6-7,12,14,17-18H,4-5H2,1-3H3,(H,19,20). The van der Waals surface area contributed by atoms with Gasteiger partial charge in [-0.2, -0.15) is 0 Å². The quantitative estimate of drug-likeness (QED) is 0.744. The minimum Gasteiger partial charge on any atom is -0.478 e. The normalized spacial score (nSPS) is 13.8. The maximum atomic E-state index is 11.1. The van der Waals surface area contributed by atoms with Gasteiger partial charge in [0.15, 0.2) is 5.12 Å². The van der Waals surface area contributed by atoms with Crippen LogP contribution in [0.3, 0.4) is 0 Å². The smallest absolute Gasteiger partial charge is 0.336 e. The maximum Gasteiger partial charge on any atom is 0.336 e. The van der Waals surface area contributed by atoms with Crippen molar-refractivity contribution in [2.24, 2.45) is 0 Å². The Labute approximate surface area is 128 Å². The van der Waals surface area contributed by atoms with Gasteiger partial charge in [0.1, 0.15) is 6.10 Å². The molecule has 0 saturated heterocycles. The van der Waals surface area contributed by atoms with Crippen LogP contribution in [0.4, 0.5) is 0 Å². The molecule has 2 atom stereocenters. The molecular weight excluding hydrogens is 292 g/mol. The summed E-state index contributed by atoms with van der Waals surface area (Å²) in [6, 6.07) is 3.14.